The van der Waals surface area contributed by atoms with Crippen LogP contribution in [0.1, 0.15) is 142 Å². The molecule has 0 aromatic carbocycles. The summed E-state index contributed by atoms with van der Waals surface area (Å²) in [6, 6.07) is 0. The van der Waals surface area contributed by atoms with Crippen molar-refractivity contribution in [3.63, 3.8) is 0 Å². The molecule has 302 valence electrons. The van der Waals surface area contributed by atoms with Gasteiger partial charge in [-0.15, -0.1) is 0 Å². The van der Waals surface area contributed by atoms with E-state index in [0.29, 0.717) is 12.8 Å². The van der Waals surface area contributed by atoms with E-state index in [1.807, 2.05) is 0 Å². The van der Waals surface area contributed by atoms with Crippen LogP contribution in [-0.4, -0.2) is 49.3 Å². The van der Waals surface area contributed by atoms with Crippen molar-refractivity contribution < 1.29 is 37.6 Å². The normalized spacial score (nSPS) is 14.3. The molecule has 0 aliphatic heterocycles. The highest BCUT2D eigenvalue weighted by molar-refractivity contribution is 7.47. The summed E-state index contributed by atoms with van der Waals surface area (Å²) in [6.07, 6.45) is 47.6. The molecule has 0 aromatic heterocycles. The smallest absolute Gasteiger partial charge is 0.462 e. The monoisotopic (exact) mass is 761 g/mol. The summed E-state index contributed by atoms with van der Waals surface area (Å²) >= 11 is 0. The van der Waals surface area contributed by atoms with E-state index in [2.05, 4.69) is 98.9 Å². The van der Waals surface area contributed by atoms with Crippen molar-refractivity contribution in [2.75, 3.05) is 26.4 Å². The van der Waals surface area contributed by atoms with Crippen LogP contribution in [-0.2, 0) is 32.7 Å². The number of allylic oxidation sites excluding steroid dienone is 14. The van der Waals surface area contributed by atoms with E-state index in [0.717, 1.165) is 89.9 Å². The van der Waals surface area contributed by atoms with Gasteiger partial charge in [-0.1, -0.05) is 131 Å². The van der Waals surface area contributed by atoms with Gasteiger partial charge in [-0.3, -0.25) is 18.6 Å². The SMILES string of the molecule is CC/C=C\C/C=C\C/C=C\C/C=C\C/C=C\C/C=C\CCCCC(=O)OC(COC(=O)CCCCCCC/C=C\CCCC)COP(=O)(O)OCCN. The van der Waals surface area contributed by atoms with Crippen LogP contribution < -0.4 is 5.73 Å². The third-order valence-corrected chi connectivity index (χ3v) is 8.75. The zero-order valence-electron chi connectivity index (χ0n) is 33.0. The summed E-state index contributed by atoms with van der Waals surface area (Å²) in [5, 5.41) is 0. The Bertz CT molecular complexity index is 1140. The van der Waals surface area contributed by atoms with Crippen molar-refractivity contribution in [2.24, 2.45) is 5.73 Å². The lowest BCUT2D eigenvalue weighted by atomic mass is 10.1. The third kappa shape index (κ3) is 38.7. The van der Waals surface area contributed by atoms with Gasteiger partial charge in [-0.25, -0.2) is 4.57 Å². The average molecular weight is 762 g/mol. The van der Waals surface area contributed by atoms with E-state index >= 15 is 0 Å². The van der Waals surface area contributed by atoms with Gasteiger partial charge in [-0.05, 0) is 83.5 Å². The Morgan fingerprint density at radius 3 is 1.60 bits per heavy atom. The molecule has 0 aliphatic carbocycles. The Balaban J connectivity index is 4.31. The fourth-order valence-electron chi connectivity index (χ4n) is 4.79. The molecular weight excluding hydrogens is 689 g/mol. The minimum atomic E-state index is -4.39. The maximum absolute atomic E-state index is 12.5. The fourth-order valence-corrected chi connectivity index (χ4v) is 5.56. The molecule has 2 atom stereocenters. The summed E-state index contributed by atoms with van der Waals surface area (Å²) in [5.41, 5.74) is 5.33. The number of phosphoric acid groups is 1. The lowest BCUT2D eigenvalue weighted by Gasteiger charge is -2.19. The average Bonchev–Trinajstić information content (AvgIpc) is 3.14. The Hall–Kier alpha value is -2.81. The zero-order chi connectivity index (χ0) is 38.9. The lowest BCUT2D eigenvalue weighted by molar-refractivity contribution is -0.161. The molecule has 0 radical (unpaired) electrons. The first-order valence-electron chi connectivity index (χ1n) is 20.1. The lowest BCUT2D eigenvalue weighted by Crippen LogP contribution is -2.29. The molecule has 0 spiro atoms. The molecule has 10 heteroatoms. The highest BCUT2D eigenvalue weighted by Crippen LogP contribution is 2.43. The van der Waals surface area contributed by atoms with Gasteiger partial charge in [0, 0.05) is 19.4 Å². The third-order valence-electron chi connectivity index (χ3n) is 7.77. The number of esters is 2. The van der Waals surface area contributed by atoms with E-state index in [-0.39, 0.29) is 32.6 Å². The number of hydrogen-bond donors (Lipinski definition) is 2. The van der Waals surface area contributed by atoms with Crippen LogP contribution in [0.15, 0.2) is 85.1 Å². The molecule has 2 unspecified atom stereocenters. The van der Waals surface area contributed by atoms with E-state index in [1.54, 1.807) is 0 Å². The van der Waals surface area contributed by atoms with Gasteiger partial charge in [0.25, 0.3) is 0 Å². The second-order valence-electron chi connectivity index (χ2n) is 12.8. The van der Waals surface area contributed by atoms with E-state index in [1.165, 1.54) is 12.8 Å². The largest absolute Gasteiger partial charge is 0.472 e. The van der Waals surface area contributed by atoms with Gasteiger partial charge in [-0.2, -0.15) is 0 Å². The molecule has 0 aromatic rings. The molecule has 0 saturated heterocycles. The zero-order valence-corrected chi connectivity index (χ0v) is 33.9. The van der Waals surface area contributed by atoms with Crippen molar-refractivity contribution in [2.45, 2.75) is 148 Å². The van der Waals surface area contributed by atoms with Gasteiger partial charge in [0.15, 0.2) is 6.10 Å². The molecule has 0 aliphatic rings. The maximum atomic E-state index is 12.5. The van der Waals surface area contributed by atoms with Crippen LogP contribution in [0.5, 0.6) is 0 Å². The number of carbonyl (C=O) groups excluding carboxylic acids is 2. The Morgan fingerprint density at radius 2 is 1.04 bits per heavy atom. The molecule has 53 heavy (non-hydrogen) atoms. The number of unbranched alkanes of at least 4 members (excludes halogenated alkanes) is 9. The van der Waals surface area contributed by atoms with Gasteiger partial charge in [0.05, 0.1) is 13.2 Å². The Kier molecular flexibility index (Phi) is 36.8. The number of nitrogens with two attached hydrogens (primary N) is 1. The van der Waals surface area contributed by atoms with Crippen LogP contribution in [0.3, 0.4) is 0 Å². The van der Waals surface area contributed by atoms with Crippen molar-refractivity contribution in [3.05, 3.63) is 85.1 Å². The standard InChI is InChI=1S/C43H72NO8P/c1-3-5-7-9-11-13-15-16-17-18-19-20-21-22-23-24-26-28-30-32-34-36-43(46)52-41(40-51-53(47,48)50-38-37-44)39-49-42(45)35-33-31-29-27-25-14-12-10-8-6-4-2/h5,7,10-13,16-17,19-20,22-23,26,28,41H,3-4,6,8-9,14-15,18,21,24-25,27,29-40,44H2,1-2H3,(H,47,48)/b7-5-,12-10-,13-11-,17-16-,20-19-,23-22-,28-26-. The molecule has 0 saturated carbocycles. The highest BCUT2D eigenvalue weighted by atomic mass is 31.2. The van der Waals surface area contributed by atoms with Crippen LogP contribution in [0.25, 0.3) is 0 Å². The van der Waals surface area contributed by atoms with Crippen molar-refractivity contribution in [3.8, 4) is 0 Å². The second-order valence-corrected chi connectivity index (χ2v) is 14.2. The molecule has 0 amide bonds. The summed E-state index contributed by atoms with van der Waals surface area (Å²) in [5.74, 6) is -0.902. The van der Waals surface area contributed by atoms with Crippen LogP contribution in [0, 0.1) is 0 Å². The number of ether oxygens (including phenoxy) is 2. The molecular formula is C43H72NO8P. The van der Waals surface area contributed by atoms with Crippen molar-refractivity contribution >= 4 is 19.8 Å². The van der Waals surface area contributed by atoms with Crippen LogP contribution in [0.4, 0.5) is 0 Å². The summed E-state index contributed by atoms with van der Waals surface area (Å²) in [4.78, 5) is 34.7. The number of rotatable bonds is 36. The van der Waals surface area contributed by atoms with E-state index in [4.69, 9.17) is 24.3 Å². The Labute approximate surface area is 322 Å². The van der Waals surface area contributed by atoms with Crippen LogP contribution in [0.2, 0.25) is 0 Å². The molecule has 0 bridgehead atoms. The molecule has 0 rings (SSSR count). The minimum absolute atomic E-state index is 0.0403. The first kappa shape index (κ1) is 50.2. The predicted octanol–water partition coefficient (Wildman–Crippen LogP) is 11.3. The topological polar surface area (TPSA) is 134 Å². The first-order valence-corrected chi connectivity index (χ1v) is 21.6. The van der Waals surface area contributed by atoms with E-state index in [9.17, 15) is 19.0 Å². The first-order chi connectivity index (χ1) is 25.8. The summed E-state index contributed by atoms with van der Waals surface area (Å²) < 4.78 is 32.6. The number of phosphoric ester groups is 1. The summed E-state index contributed by atoms with van der Waals surface area (Å²) in [6.45, 7) is 3.48. The predicted molar refractivity (Wildman–Crippen MR) is 219 cm³/mol. The minimum Gasteiger partial charge on any atom is -0.462 e. The highest BCUT2D eigenvalue weighted by Gasteiger charge is 2.25. The maximum Gasteiger partial charge on any atom is 0.472 e. The summed E-state index contributed by atoms with van der Waals surface area (Å²) in [7, 11) is -4.39. The fraction of sp³-hybridized carbons (Fsp3) is 0.628. The van der Waals surface area contributed by atoms with Crippen molar-refractivity contribution in [1.29, 1.82) is 0 Å². The van der Waals surface area contributed by atoms with Gasteiger partial charge in [0.1, 0.15) is 6.61 Å². The van der Waals surface area contributed by atoms with Gasteiger partial charge >= 0.3 is 19.8 Å². The quantitative estimate of drug-likeness (QED) is 0.0277. The molecule has 0 fully saturated rings. The molecule has 0 heterocycles. The Morgan fingerprint density at radius 1 is 0.585 bits per heavy atom. The number of hydrogen-bond acceptors (Lipinski definition) is 8. The van der Waals surface area contributed by atoms with Gasteiger partial charge in [0.2, 0.25) is 0 Å². The second kappa shape index (κ2) is 38.9. The molecule has 3 N–H and O–H groups in total. The van der Waals surface area contributed by atoms with Crippen molar-refractivity contribution in [1.82, 2.24) is 0 Å². The van der Waals surface area contributed by atoms with E-state index < -0.39 is 32.5 Å². The number of carbonyl (C=O) groups is 2. The molecule has 9 nitrogen and oxygen atoms in total. The van der Waals surface area contributed by atoms with Crippen LogP contribution >= 0.6 is 7.82 Å². The van der Waals surface area contributed by atoms with Gasteiger partial charge < -0.3 is 20.1 Å².